The van der Waals surface area contributed by atoms with Gasteiger partial charge in [-0.15, -0.1) is 13.2 Å². The van der Waals surface area contributed by atoms with Gasteiger partial charge in [-0.3, -0.25) is 14.3 Å². The standard InChI is InChI=1S/C30H25F5N4O7S2/c1-29(15-17(31)8-11-24(29)32)16-39-23-10-9-19(46-30(33,34)35)14-22(23)25(21-7-4-12-36-27(21)40)26(39)28(41)38-48(44,45)20-6-3-5-18(13-20)37-47(2,42)43/h3-14,37H,15-16H2,1-2H3,(H,36,40)(H,38,41). The number of allylic oxidation sites excluding steroid dienone is 4. The van der Waals surface area contributed by atoms with Crippen LogP contribution in [0.3, 0.4) is 0 Å². The van der Waals surface area contributed by atoms with Gasteiger partial charge in [-0.25, -0.2) is 30.3 Å². The topological polar surface area (TPSA) is 156 Å². The first-order valence-electron chi connectivity index (χ1n) is 13.7. The minimum atomic E-state index is -5.14. The summed E-state index contributed by atoms with van der Waals surface area (Å²) in [6.45, 7) is 0.778. The molecule has 0 fully saturated rings. The molecule has 5 rings (SSSR count). The molecule has 3 N–H and O–H groups in total. The van der Waals surface area contributed by atoms with Crippen LogP contribution in [0.1, 0.15) is 23.8 Å². The molecular formula is C30H25F5N4O7S2. The Hall–Kier alpha value is -4.97. The van der Waals surface area contributed by atoms with Crippen molar-refractivity contribution in [1.29, 1.82) is 0 Å². The molecule has 0 saturated carbocycles. The van der Waals surface area contributed by atoms with Crippen molar-refractivity contribution in [1.82, 2.24) is 14.3 Å². The van der Waals surface area contributed by atoms with E-state index in [0.29, 0.717) is 0 Å². The first kappa shape index (κ1) is 34.4. The number of halogens is 5. The lowest BCUT2D eigenvalue weighted by molar-refractivity contribution is -0.274. The number of H-pyrrole nitrogens is 1. The SMILES string of the molecule is CC1(Cn2c(C(=O)NS(=O)(=O)c3cccc(NS(C)(=O)=O)c3)c(-c3ccc[nH]c3=O)c3cc(OC(F)(F)F)ccc32)CC(F)=CC=C1F. The molecule has 2 aromatic carbocycles. The summed E-state index contributed by atoms with van der Waals surface area (Å²) >= 11 is 0. The number of fused-ring (bicyclic) bond motifs is 1. The minimum absolute atomic E-state index is 0.0475. The van der Waals surface area contributed by atoms with E-state index < -0.39 is 84.2 Å². The van der Waals surface area contributed by atoms with Gasteiger partial charge in [0, 0.05) is 52.3 Å². The molecule has 1 unspecified atom stereocenters. The fourth-order valence-electron chi connectivity index (χ4n) is 5.35. The molecule has 0 spiro atoms. The number of aromatic nitrogens is 2. The number of sulfonamides is 2. The van der Waals surface area contributed by atoms with Crippen LogP contribution in [0, 0.1) is 5.41 Å². The summed E-state index contributed by atoms with van der Waals surface area (Å²) < 4.78 is 129. The van der Waals surface area contributed by atoms with Crippen LogP contribution in [-0.2, 0) is 26.6 Å². The highest BCUT2D eigenvalue weighted by molar-refractivity contribution is 7.92. The number of carbonyl (C=O) groups is 1. The molecule has 1 amide bonds. The van der Waals surface area contributed by atoms with Gasteiger partial charge in [0.2, 0.25) is 10.0 Å². The Morgan fingerprint density at radius 1 is 1.04 bits per heavy atom. The quantitative estimate of drug-likeness (QED) is 0.194. The van der Waals surface area contributed by atoms with E-state index in [2.05, 4.69) is 14.4 Å². The average molecular weight is 713 g/mol. The molecule has 0 aliphatic heterocycles. The third-order valence-corrected chi connectivity index (χ3v) is 9.23. The molecule has 18 heteroatoms. The molecule has 254 valence electrons. The van der Waals surface area contributed by atoms with Crippen molar-refractivity contribution in [3.8, 4) is 16.9 Å². The van der Waals surface area contributed by atoms with E-state index in [-0.39, 0.29) is 27.7 Å². The summed E-state index contributed by atoms with van der Waals surface area (Å²) in [7, 11) is -8.64. The number of hydrogen-bond acceptors (Lipinski definition) is 7. The van der Waals surface area contributed by atoms with Gasteiger partial charge in [0.25, 0.3) is 21.5 Å². The fourth-order valence-corrected chi connectivity index (χ4v) is 6.91. The summed E-state index contributed by atoms with van der Waals surface area (Å²) in [4.78, 5) is 29.0. The molecule has 1 atom stereocenters. The number of hydrogen-bond donors (Lipinski definition) is 3. The van der Waals surface area contributed by atoms with Crippen LogP contribution in [0.4, 0.5) is 27.6 Å². The van der Waals surface area contributed by atoms with Crippen molar-refractivity contribution in [3.05, 3.63) is 101 Å². The van der Waals surface area contributed by atoms with Gasteiger partial charge in [-0.05, 0) is 60.7 Å². The Morgan fingerprint density at radius 2 is 1.77 bits per heavy atom. The maximum absolute atomic E-state index is 15.3. The largest absolute Gasteiger partial charge is 0.573 e. The van der Waals surface area contributed by atoms with E-state index in [4.69, 9.17) is 0 Å². The Bertz CT molecular complexity index is 2300. The van der Waals surface area contributed by atoms with Crippen LogP contribution in [0.15, 0.2) is 94.3 Å². The molecule has 2 aromatic heterocycles. The van der Waals surface area contributed by atoms with Crippen LogP contribution in [0.5, 0.6) is 5.75 Å². The lowest BCUT2D eigenvalue weighted by atomic mass is 9.81. The van der Waals surface area contributed by atoms with Gasteiger partial charge in [-0.2, -0.15) is 0 Å². The first-order chi connectivity index (χ1) is 22.3. The molecule has 11 nitrogen and oxygen atoms in total. The van der Waals surface area contributed by atoms with E-state index in [1.54, 1.807) is 0 Å². The third-order valence-electron chi connectivity index (χ3n) is 7.30. The molecule has 0 saturated heterocycles. The Morgan fingerprint density at radius 3 is 2.44 bits per heavy atom. The normalized spacial score (nSPS) is 17.1. The van der Waals surface area contributed by atoms with Gasteiger partial charge < -0.3 is 14.3 Å². The molecule has 1 aliphatic rings. The number of amides is 1. The highest BCUT2D eigenvalue weighted by Crippen LogP contribution is 2.44. The van der Waals surface area contributed by atoms with E-state index in [1.165, 1.54) is 37.4 Å². The maximum Gasteiger partial charge on any atom is 0.573 e. The molecule has 48 heavy (non-hydrogen) atoms. The zero-order valence-electron chi connectivity index (χ0n) is 24.9. The Kier molecular flexibility index (Phi) is 8.76. The number of rotatable bonds is 9. The number of alkyl halides is 3. The van der Waals surface area contributed by atoms with Crippen LogP contribution < -0.4 is 19.7 Å². The molecule has 4 aromatic rings. The Labute approximate surface area is 269 Å². The predicted molar refractivity (Wildman–Crippen MR) is 165 cm³/mol. The van der Waals surface area contributed by atoms with E-state index in [0.717, 1.165) is 53.3 Å². The van der Waals surface area contributed by atoms with Crippen molar-refractivity contribution < 1.29 is 48.3 Å². The second-order valence-electron chi connectivity index (χ2n) is 11.2. The van der Waals surface area contributed by atoms with Gasteiger partial charge in [0.1, 0.15) is 23.1 Å². The number of aromatic amines is 1. The van der Waals surface area contributed by atoms with E-state index in [1.807, 2.05) is 4.72 Å². The highest BCUT2D eigenvalue weighted by Gasteiger charge is 2.38. The number of pyridine rings is 1. The third kappa shape index (κ3) is 7.28. The van der Waals surface area contributed by atoms with E-state index in [9.17, 15) is 44.0 Å². The van der Waals surface area contributed by atoms with Crippen LogP contribution >= 0.6 is 0 Å². The monoisotopic (exact) mass is 712 g/mol. The number of nitrogens with zero attached hydrogens (tertiary/aromatic N) is 1. The number of carbonyl (C=O) groups excluding carboxylic acids is 1. The van der Waals surface area contributed by atoms with Gasteiger partial charge >= 0.3 is 6.36 Å². The zero-order valence-corrected chi connectivity index (χ0v) is 26.5. The summed E-state index contributed by atoms with van der Waals surface area (Å²) in [6, 6.07) is 9.88. The summed E-state index contributed by atoms with van der Waals surface area (Å²) in [5, 5.41) is -0.185. The maximum atomic E-state index is 15.3. The molecule has 1 aliphatic carbocycles. The van der Waals surface area contributed by atoms with Crippen molar-refractivity contribution in [2.45, 2.75) is 31.1 Å². The Balaban J connectivity index is 1.75. The van der Waals surface area contributed by atoms with Gasteiger partial charge in [-0.1, -0.05) is 13.0 Å². The van der Waals surface area contributed by atoms with Gasteiger partial charge in [0.05, 0.1) is 11.2 Å². The second-order valence-corrected chi connectivity index (χ2v) is 14.6. The van der Waals surface area contributed by atoms with Crippen molar-refractivity contribution in [2.75, 3.05) is 11.0 Å². The smallest absolute Gasteiger partial charge is 0.406 e. The van der Waals surface area contributed by atoms with Crippen LogP contribution in [0.2, 0.25) is 0 Å². The number of anilines is 1. The second kappa shape index (κ2) is 12.2. The first-order valence-corrected chi connectivity index (χ1v) is 17.1. The molecular weight excluding hydrogens is 687 g/mol. The summed E-state index contributed by atoms with van der Waals surface area (Å²) in [5.41, 5.74) is -3.90. The van der Waals surface area contributed by atoms with Crippen LogP contribution in [0.25, 0.3) is 22.0 Å². The minimum Gasteiger partial charge on any atom is -0.406 e. The van der Waals surface area contributed by atoms with Crippen molar-refractivity contribution >= 4 is 42.5 Å². The molecule has 2 heterocycles. The number of benzene rings is 2. The molecule has 0 bridgehead atoms. The summed E-state index contributed by atoms with van der Waals surface area (Å²) in [5.74, 6) is -3.67. The van der Waals surface area contributed by atoms with Crippen LogP contribution in [-0.4, -0.2) is 44.9 Å². The molecule has 0 radical (unpaired) electrons. The predicted octanol–water partition coefficient (Wildman–Crippen LogP) is 5.50. The number of nitrogens with one attached hydrogen (secondary N) is 3. The van der Waals surface area contributed by atoms with Crippen molar-refractivity contribution in [3.63, 3.8) is 0 Å². The summed E-state index contributed by atoms with van der Waals surface area (Å²) in [6.07, 6.45) is -1.77. The zero-order chi connectivity index (χ0) is 35.2. The van der Waals surface area contributed by atoms with E-state index >= 15 is 4.39 Å². The number of ether oxygens (including phenoxy) is 1. The highest BCUT2D eigenvalue weighted by atomic mass is 32.2. The average Bonchev–Trinajstić information content (AvgIpc) is 3.26. The van der Waals surface area contributed by atoms with Crippen molar-refractivity contribution in [2.24, 2.45) is 5.41 Å². The fraction of sp³-hybridized carbons (Fsp3) is 0.200. The lowest BCUT2D eigenvalue weighted by Crippen LogP contribution is -2.34. The van der Waals surface area contributed by atoms with Gasteiger partial charge in [0.15, 0.2) is 0 Å². The lowest BCUT2D eigenvalue weighted by Gasteiger charge is -2.31.